The van der Waals surface area contributed by atoms with Crippen LogP contribution in [0.5, 0.6) is 0 Å². The van der Waals surface area contributed by atoms with Gasteiger partial charge in [0.2, 0.25) is 5.95 Å². The first-order chi connectivity index (χ1) is 15.3. The summed E-state index contributed by atoms with van der Waals surface area (Å²) in [5.74, 6) is 0.876. The Bertz CT molecular complexity index is 1050. The number of fused-ring (bicyclic) bond motifs is 1. The van der Waals surface area contributed by atoms with Crippen molar-refractivity contribution in [3.05, 3.63) is 30.4 Å². The van der Waals surface area contributed by atoms with Gasteiger partial charge in [0.15, 0.2) is 0 Å². The second-order valence-corrected chi connectivity index (χ2v) is 9.51. The van der Waals surface area contributed by atoms with E-state index in [1.807, 2.05) is 43.9 Å². The van der Waals surface area contributed by atoms with Gasteiger partial charge in [0.05, 0.1) is 42.8 Å². The number of aromatic nitrogens is 5. The minimum Gasteiger partial charge on any atom is -0.394 e. The number of anilines is 1. The van der Waals surface area contributed by atoms with Gasteiger partial charge in [-0.1, -0.05) is 0 Å². The SMILES string of the molecule is COC[C@H](C)Nc1ncc2c(-c3cnn(C(C)(C)CO)c3)cc([C@H]3CC[C@H](O)CC3)n2n1. The molecule has 0 aliphatic heterocycles. The van der Waals surface area contributed by atoms with Crippen LogP contribution in [0.2, 0.25) is 0 Å². The van der Waals surface area contributed by atoms with Crippen LogP contribution in [0.1, 0.15) is 58.1 Å². The minimum absolute atomic E-state index is 0.00191. The lowest BCUT2D eigenvalue weighted by molar-refractivity contribution is 0.121. The zero-order valence-corrected chi connectivity index (χ0v) is 19.3. The molecule has 9 heteroatoms. The van der Waals surface area contributed by atoms with Crippen LogP contribution >= 0.6 is 0 Å². The van der Waals surface area contributed by atoms with E-state index in [1.165, 1.54) is 0 Å². The Morgan fingerprint density at radius 1 is 1.25 bits per heavy atom. The van der Waals surface area contributed by atoms with Crippen LogP contribution in [0.3, 0.4) is 0 Å². The number of nitrogens with one attached hydrogen (secondary N) is 1. The number of nitrogens with zero attached hydrogens (tertiary/aromatic N) is 5. The van der Waals surface area contributed by atoms with E-state index in [0.29, 0.717) is 18.5 Å². The van der Waals surface area contributed by atoms with Crippen LogP contribution in [0.4, 0.5) is 5.95 Å². The zero-order chi connectivity index (χ0) is 22.9. The topological polar surface area (TPSA) is 110 Å². The van der Waals surface area contributed by atoms with Gasteiger partial charge >= 0.3 is 0 Å². The lowest BCUT2D eigenvalue weighted by Gasteiger charge is -2.25. The third-order valence-corrected chi connectivity index (χ3v) is 6.35. The summed E-state index contributed by atoms with van der Waals surface area (Å²) in [5, 5.41) is 32.3. The molecule has 0 unspecified atom stereocenters. The summed E-state index contributed by atoms with van der Waals surface area (Å²) < 4.78 is 9.00. The fourth-order valence-electron chi connectivity index (χ4n) is 4.35. The molecule has 0 saturated heterocycles. The van der Waals surface area contributed by atoms with Crippen molar-refractivity contribution < 1.29 is 14.9 Å². The highest BCUT2D eigenvalue weighted by molar-refractivity contribution is 5.81. The highest BCUT2D eigenvalue weighted by atomic mass is 16.5. The van der Waals surface area contributed by atoms with E-state index in [9.17, 15) is 10.2 Å². The molecule has 1 aliphatic rings. The summed E-state index contributed by atoms with van der Waals surface area (Å²) in [6.07, 6.45) is 8.89. The second kappa shape index (κ2) is 9.17. The molecule has 0 amide bonds. The fraction of sp³-hybridized carbons (Fsp3) is 0.609. The lowest BCUT2D eigenvalue weighted by atomic mass is 9.85. The largest absolute Gasteiger partial charge is 0.394 e. The standard InChI is InChI=1S/C23H34N6O3/c1-15(13-32-4)26-22-24-11-21-19(17-10-25-28(12-17)23(2,3)14-30)9-20(29(21)27-22)16-5-7-18(31)8-6-16/h9-12,15-16,18,30-31H,5-8,13-14H2,1-4H3,(H,26,27)/t15-,16-,18-/m0/s1. The zero-order valence-electron chi connectivity index (χ0n) is 19.3. The van der Waals surface area contributed by atoms with Gasteiger partial charge in [-0.3, -0.25) is 4.68 Å². The van der Waals surface area contributed by atoms with Crippen molar-refractivity contribution in [1.29, 1.82) is 0 Å². The van der Waals surface area contributed by atoms with Crippen molar-refractivity contribution in [1.82, 2.24) is 24.4 Å². The first-order valence-electron chi connectivity index (χ1n) is 11.3. The Labute approximate surface area is 188 Å². The van der Waals surface area contributed by atoms with Gasteiger partial charge < -0.3 is 20.3 Å². The molecule has 1 atom stereocenters. The van der Waals surface area contributed by atoms with E-state index in [2.05, 4.69) is 21.5 Å². The van der Waals surface area contributed by atoms with Crippen molar-refractivity contribution in [2.24, 2.45) is 0 Å². The molecule has 0 radical (unpaired) electrons. The summed E-state index contributed by atoms with van der Waals surface area (Å²) in [4.78, 5) is 4.55. The number of aliphatic hydroxyl groups excluding tert-OH is 2. The quantitative estimate of drug-likeness (QED) is 0.492. The molecular formula is C23H34N6O3. The van der Waals surface area contributed by atoms with Gasteiger partial charge in [-0.05, 0) is 52.5 Å². The fourth-order valence-corrected chi connectivity index (χ4v) is 4.35. The lowest BCUT2D eigenvalue weighted by Crippen LogP contribution is -2.30. The number of hydrogen-bond acceptors (Lipinski definition) is 7. The van der Waals surface area contributed by atoms with Crippen molar-refractivity contribution >= 4 is 11.5 Å². The molecule has 9 nitrogen and oxygen atoms in total. The maximum Gasteiger partial charge on any atom is 0.241 e. The highest BCUT2D eigenvalue weighted by Crippen LogP contribution is 2.37. The van der Waals surface area contributed by atoms with Crippen LogP contribution in [-0.4, -0.2) is 67.1 Å². The average molecular weight is 443 g/mol. The molecule has 0 aromatic carbocycles. The molecule has 174 valence electrons. The Kier molecular flexibility index (Phi) is 6.50. The van der Waals surface area contributed by atoms with Crippen LogP contribution in [0, 0.1) is 0 Å². The summed E-state index contributed by atoms with van der Waals surface area (Å²) in [6, 6.07) is 2.27. The third kappa shape index (κ3) is 4.51. The van der Waals surface area contributed by atoms with E-state index in [4.69, 9.17) is 9.84 Å². The highest BCUT2D eigenvalue weighted by Gasteiger charge is 2.27. The predicted molar refractivity (Wildman–Crippen MR) is 123 cm³/mol. The molecule has 32 heavy (non-hydrogen) atoms. The van der Waals surface area contributed by atoms with E-state index >= 15 is 0 Å². The molecule has 3 aromatic heterocycles. The minimum atomic E-state index is -0.485. The van der Waals surface area contributed by atoms with Gasteiger partial charge in [-0.25, -0.2) is 9.50 Å². The van der Waals surface area contributed by atoms with Crippen LogP contribution in [0.25, 0.3) is 16.6 Å². The summed E-state index contributed by atoms with van der Waals surface area (Å²) >= 11 is 0. The monoisotopic (exact) mass is 442 g/mol. The molecule has 1 saturated carbocycles. The molecular weight excluding hydrogens is 408 g/mol. The summed E-state index contributed by atoms with van der Waals surface area (Å²) in [7, 11) is 1.67. The molecule has 0 spiro atoms. The second-order valence-electron chi connectivity index (χ2n) is 9.51. The molecule has 3 heterocycles. The first kappa shape index (κ1) is 22.7. The number of aliphatic hydroxyl groups is 2. The van der Waals surface area contributed by atoms with Crippen molar-refractivity contribution in [3.63, 3.8) is 0 Å². The molecule has 1 aliphatic carbocycles. The Morgan fingerprint density at radius 2 is 2.00 bits per heavy atom. The van der Waals surface area contributed by atoms with Crippen LogP contribution in [0.15, 0.2) is 24.7 Å². The first-order valence-corrected chi connectivity index (χ1v) is 11.3. The van der Waals surface area contributed by atoms with Crippen molar-refractivity contribution in [2.75, 3.05) is 25.6 Å². The van der Waals surface area contributed by atoms with Gasteiger partial charge in [-0.15, -0.1) is 5.10 Å². The third-order valence-electron chi connectivity index (χ3n) is 6.35. The van der Waals surface area contributed by atoms with Gasteiger partial charge in [0.25, 0.3) is 0 Å². The van der Waals surface area contributed by atoms with Gasteiger partial charge in [0, 0.05) is 42.1 Å². The Morgan fingerprint density at radius 3 is 2.69 bits per heavy atom. The Balaban J connectivity index is 1.76. The molecule has 3 N–H and O–H groups in total. The van der Waals surface area contributed by atoms with E-state index in [1.54, 1.807) is 11.8 Å². The maximum absolute atomic E-state index is 9.98. The molecule has 0 bridgehead atoms. The summed E-state index contributed by atoms with van der Waals surface area (Å²) in [5.41, 5.74) is 3.53. The van der Waals surface area contributed by atoms with Gasteiger partial charge in [-0.2, -0.15) is 5.10 Å². The molecule has 3 aromatic rings. The summed E-state index contributed by atoms with van der Waals surface area (Å²) in [6.45, 7) is 6.48. The smallest absolute Gasteiger partial charge is 0.241 e. The maximum atomic E-state index is 9.98. The number of methoxy groups -OCH3 is 1. The number of ether oxygens (including phenoxy) is 1. The molecule has 1 fully saturated rings. The molecule has 4 rings (SSSR count). The van der Waals surface area contributed by atoms with E-state index < -0.39 is 5.54 Å². The van der Waals surface area contributed by atoms with Gasteiger partial charge in [0.1, 0.15) is 0 Å². The van der Waals surface area contributed by atoms with Crippen molar-refractivity contribution in [2.45, 2.75) is 70.1 Å². The normalized spacial score (nSPS) is 20.6. The van der Waals surface area contributed by atoms with E-state index in [-0.39, 0.29) is 18.8 Å². The van der Waals surface area contributed by atoms with E-state index in [0.717, 1.165) is 48.0 Å². The Hall–Kier alpha value is -2.49. The average Bonchev–Trinajstić information content (AvgIpc) is 3.40. The van der Waals surface area contributed by atoms with Crippen LogP contribution < -0.4 is 5.32 Å². The van der Waals surface area contributed by atoms with Crippen molar-refractivity contribution in [3.8, 4) is 11.1 Å². The number of hydrogen-bond donors (Lipinski definition) is 3. The number of rotatable bonds is 8. The van der Waals surface area contributed by atoms with Crippen LogP contribution in [-0.2, 0) is 10.3 Å². The predicted octanol–water partition coefficient (Wildman–Crippen LogP) is 2.79.